The van der Waals surface area contributed by atoms with Gasteiger partial charge in [0.1, 0.15) is 0 Å². The number of hydrogen-bond acceptors (Lipinski definition) is 3. The lowest BCUT2D eigenvalue weighted by molar-refractivity contribution is -0.00228. The average Bonchev–Trinajstić information content (AvgIpc) is 2.38. The zero-order chi connectivity index (χ0) is 13.6. The summed E-state index contributed by atoms with van der Waals surface area (Å²) in [5, 5.41) is 0. The highest BCUT2D eigenvalue weighted by molar-refractivity contribution is 4.98. The second-order valence-corrected chi connectivity index (χ2v) is 6.07. The average molecular weight is 255 g/mol. The maximum absolute atomic E-state index is 6.20. The molecule has 0 aliphatic carbocycles. The number of likely N-dealkylation sites (tertiary alicyclic amines) is 1. The fourth-order valence-corrected chi connectivity index (χ4v) is 3.33. The van der Waals surface area contributed by atoms with Crippen LogP contribution in [-0.4, -0.2) is 54.6 Å². The molecule has 3 heteroatoms. The second kappa shape index (κ2) is 7.46. The van der Waals surface area contributed by atoms with Crippen LogP contribution in [0.4, 0.5) is 0 Å². The summed E-state index contributed by atoms with van der Waals surface area (Å²) in [6.07, 6.45) is 6.32. The molecule has 1 aliphatic rings. The van der Waals surface area contributed by atoms with E-state index in [9.17, 15) is 0 Å². The van der Waals surface area contributed by atoms with Crippen LogP contribution in [0.1, 0.15) is 52.9 Å². The summed E-state index contributed by atoms with van der Waals surface area (Å²) in [5.74, 6) is 0. The second-order valence-electron chi connectivity index (χ2n) is 6.07. The third kappa shape index (κ3) is 3.69. The van der Waals surface area contributed by atoms with E-state index in [2.05, 4.69) is 37.6 Å². The van der Waals surface area contributed by atoms with E-state index >= 15 is 0 Å². The molecule has 0 amide bonds. The Labute approximate surface area is 114 Å². The summed E-state index contributed by atoms with van der Waals surface area (Å²) in [4.78, 5) is 5.17. The first kappa shape index (κ1) is 15.9. The first-order chi connectivity index (χ1) is 8.59. The number of nitrogens with zero attached hydrogens (tertiary/aromatic N) is 2. The molecule has 0 aromatic carbocycles. The van der Waals surface area contributed by atoms with Crippen molar-refractivity contribution < 1.29 is 0 Å². The first-order valence-electron chi connectivity index (χ1n) is 7.75. The normalized spacial score (nSPS) is 27.7. The fraction of sp³-hybridized carbons (Fsp3) is 1.00. The van der Waals surface area contributed by atoms with E-state index in [1.807, 2.05) is 0 Å². The molecule has 2 atom stereocenters. The Kier molecular flexibility index (Phi) is 6.61. The lowest BCUT2D eigenvalue weighted by Gasteiger charge is -2.51. The molecular formula is C15H33N3. The fourth-order valence-electron chi connectivity index (χ4n) is 3.33. The quantitative estimate of drug-likeness (QED) is 0.758. The number of hydrogen-bond donors (Lipinski definition) is 1. The summed E-state index contributed by atoms with van der Waals surface area (Å²) in [7, 11) is 2.23. The molecule has 2 N–H and O–H groups in total. The third-order valence-electron chi connectivity index (χ3n) is 4.61. The Hall–Kier alpha value is -0.120. The first-order valence-corrected chi connectivity index (χ1v) is 7.75. The number of piperidine rings is 1. The zero-order valence-corrected chi connectivity index (χ0v) is 12.9. The summed E-state index contributed by atoms with van der Waals surface area (Å²) in [6, 6.07) is 0.645. The van der Waals surface area contributed by atoms with Gasteiger partial charge in [-0.05, 0) is 52.7 Å². The van der Waals surface area contributed by atoms with E-state index in [1.165, 1.54) is 45.2 Å². The van der Waals surface area contributed by atoms with Crippen LogP contribution in [0, 0.1) is 0 Å². The number of likely N-dealkylation sites (N-methyl/N-ethyl adjacent to an activating group) is 1. The maximum Gasteiger partial charge on any atom is 0.0461 e. The standard InChI is InChI=1S/C15H33N3/c1-5-7-11-18(14(3)6-2)15(12-16)9-8-10-17(4)13-15/h14H,5-13,16H2,1-4H3. The van der Waals surface area contributed by atoms with Crippen LogP contribution in [0.15, 0.2) is 0 Å². The van der Waals surface area contributed by atoms with Gasteiger partial charge in [0.05, 0.1) is 0 Å². The van der Waals surface area contributed by atoms with E-state index in [4.69, 9.17) is 5.73 Å². The van der Waals surface area contributed by atoms with Crippen molar-refractivity contribution in [3.63, 3.8) is 0 Å². The SMILES string of the molecule is CCCCN(C(C)CC)C1(CN)CCCN(C)C1. The summed E-state index contributed by atoms with van der Waals surface area (Å²) >= 11 is 0. The molecule has 1 aliphatic heterocycles. The van der Waals surface area contributed by atoms with Gasteiger partial charge in [0, 0.05) is 24.7 Å². The molecule has 0 radical (unpaired) electrons. The minimum absolute atomic E-state index is 0.220. The van der Waals surface area contributed by atoms with Gasteiger partial charge in [-0.15, -0.1) is 0 Å². The van der Waals surface area contributed by atoms with Crippen molar-refractivity contribution in [1.82, 2.24) is 9.80 Å². The van der Waals surface area contributed by atoms with Crippen LogP contribution in [0.2, 0.25) is 0 Å². The van der Waals surface area contributed by atoms with E-state index < -0.39 is 0 Å². The number of nitrogens with two attached hydrogens (primary N) is 1. The third-order valence-corrected chi connectivity index (χ3v) is 4.61. The number of rotatable bonds is 7. The van der Waals surface area contributed by atoms with E-state index in [1.54, 1.807) is 0 Å². The molecule has 0 saturated carbocycles. The predicted molar refractivity (Wildman–Crippen MR) is 79.9 cm³/mol. The Morgan fingerprint density at radius 1 is 1.39 bits per heavy atom. The molecule has 3 nitrogen and oxygen atoms in total. The Morgan fingerprint density at radius 3 is 2.61 bits per heavy atom. The number of unbranched alkanes of at least 4 members (excludes halogenated alkanes) is 1. The van der Waals surface area contributed by atoms with Crippen LogP contribution in [0.5, 0.6) is 0 Å². The van der Waals surface area contributed by atoms with Gasteiger partial charge in [-0.2, -0.15) is 0 Å². The summed E-state index contributed by atoms with van der Waals surface area (Å²) in [6.45, 7) is 11.3. The molecule has 18 heavy (non-hydrogen) atoms. The van der Waals surface area contributed by atoms with Crippen molar-refractivity contribution >= 4 is 0 Å². The molecule has 1 heterocycles. The van der Waals surface area contributed by atoms with Crippen molar-refractivity contribution in [2.24, 2.45) is 5.73 Å². The summed E-state index contributed by atoms with van der Waals surface area (Å²) in [5.41, 5.74) is 6.42. The van der Waals surface area contributed by atoms with Gasteiger partial charge in [0.2, 0.25) is 0 Å². The molecule has 108 valence electrons. The monoisotopic (exact) mass is 255 g/mol. The molecule has 0 spiro atoms. The molecule has 1 rings (SSSR count). The van der Waals surface area contributed by atoms with Crippen LogP contribution >= 0.6 is 0 Å². The minimum atomic E-state index is 0.220. The topological polar surface area (TPSA) is 32.5 Å². The molecular weight excluding hydrogens is 222 g/mol. The highest BCUT2D eigenvalue weighted by Gasteiger charge is 2.39. The van der Waals surface area contributed by atoms with Crippen molar-refractivity contribution in [3.05, 3.63) is 0 Å². The van der Waals surface area contributed by atoms with E-state index in [0.717, 1.165) is 13.1 Å². The highest BCUT2D eigenvalue weighted by atomic mass is 15.3. The zero-order valence-electron chi connectivity index (χ0n) is 12.9. The van der Waals surface area contributed by atoms with Crippen LogP contribution in [-0.2, 0) is 0 Å². The van der Waals surface area contributed by atoms with Gasteiger partial charge < -0.3 is 10.6 Å². The van der Waals surface area contributed by atoms with Crippen LogP contribution in [0.3, 0.4) is 0 Å². The Morgan fingerprint density at radius 2 is 2.11 bits per heavy atom. The van der Waals surface area contributed by atoms with Gasteiger partial charge in [0.15, 0.2) is 0 Å². The van der Waals surface area contributed by atoms with E-state index in [-0.39, 0.29) is 5.54 Å². The van der Waals surface area contributed by atoms with Crippen molar-refractivity contribution in [2.45, 2.75) is 64.5 Å². The Bertz CT molecular complexity index is 232. The molecule has 0 bridgehead atoms. The summed E-state index contributed by atoms with van der Waals surface area (Å²) < 4.78 is 0. The van der Waals surface area contributed by atoms with Gasteiger partial charge in [-0.1, -0.05) is 20.3 Å². The van der Waals surface area contributed by atoms with Crippen molar-refractivity contribution in [3.8, 4) is 0 Å². The lowest BCUT2D eigenvalue weighted by Crippen LogP contribution is -2.64. The molecule has 0 aromatic rings. The molecule has 1 fully saturated rings. The predicted octanol–water partition coefficient (Wildman–Crippen LogP) is 2.31. The smallest absolute Gasteiger partial charge is 0.0461 e. The minimum Gasteiger partial charge on any atom is -0.329 e. The molecule has 1 saturated heterocycles. The van der Waals surface area contributed by atoms with E-state index in [0.29, 0.717) is 6.04 Å². The Balaban J connectivity index is 2.83. The van der Waals surface area contributed by atoms with Gasteiger partial charge in [-0.25, -0.2) is 0 Å². The molecule has 0 aromatic heterocycles. The van der Waals surface area contributed by atoms with Crippen LogP contribution < -0.4 is 5.73 Å². The maximum atomic E-state index is 6.20. The van der Waals surface area contributed by atoms with Gasteiger partial charge in [0.25, 0.3) is 0 Å². The van der Waals surface area contributed by atoms with Crippen molar-refractivity contribution in [1.29, 1.82) is 0 Å². The molecule has 2 unspecified atom stereocenters. The highest BCUT2D eigenvalue weighted by Crippen LogP contribution is 2.29. The van der Waals surface area contributed by atoms with Crippen LogP contribution in [0.25, 0.3) is 0 Å². The largest absolute Gasteiger partial charge is 0.329 e. The van der Waals surface area contributed by atoms with Crippen molar-refractivity contribution in [2.75, 3.05) is 33.2 Å². The van der Waals surface area contributed by atoms with Gasteiger partial charge in [-0.3, -0.25) is 4.90 Å². The lowest BCUT2D eigenvalue weighted by atomic mass is 9.85. The van der Waals surface area contributed by atoms with Gasteiger partial charge >= 0.3 is 0 Å².